The Kier molecular flexibility index (Phi) is 3.27. The molecule has 19 heavy (non-hydrogen) atoms. The third-order valence-electron chi connectivity index (χ3n) is 5.51. The molecule has 0 heterocycles. The monoisotopic (exact) mass is 265 g/mol. The van der Waals surface area contributed by atoms with Gasteiger partial charge in [0.05, 0.1) is 5.92 Å². The van der Waals surface area contributed by atoms with Crippen molar-refractivity contribution < 1.29 is 14.7 Å². The molecule has 106 valence electrons. The summed E-state index contributed by atoms with van der Waals surface area (Å²) < 4.78 is 0. The maximum atomic E-state index is 12.2. The molecule has 0 aromatic carbocycles. The van der Waals surface area contributed by atoms with E-state index in [2.05, 4.69) is 5.32 Å². The molecule has 3 aliphatic carbocycles. The Morgan fingerprint density at radius 1 is 1.05 bits per heavy atom. The molecule has 3 rings (SSSR count). The highest BCUT2D eigenvalue weighted by molar-refractivity contribution is 5.81. The van der Waals surface area contributed by atoms with E-state index in [1.165, 1.54) is 32.1 Å². The number of carboxylic acids is 1. The number of carbonyl (C=O) groups excluding carboxylic acids is 1. The van der Waals surface area contributed by atoms with Crippen LogP contribution in [0.25, 0.3) is 0 Å². The lowest BCUT2D eigenvalue weighted by Gasteiger charge is -2.23. The van der Waals surface area contributed by atoms with Gasteiger partial charge in [0.15, 0.2) is 0 Å². The van der Waals surface area contributed by atoms with E-state index in [9.17, 15) is 9.59 Å². The van der Waals surface area contributed by atoms with Gasteiger partial charge in [0, 0.05) is 12.0 Å². The van der Waals surface area contributed by atoms with E-state index in [1.807, 2.05) is 0 Å². The summed E-state index contributed by atoms with van der Waals surface area (Å²) in [4.78, 5) is 23.1. The van der Waals surface area contributed by atoms with Crippen molar-refractivity contribution in [1.82, 2.24) is 5.32 Å². The fraction of sp³-hybridized carbons (Fsp3) is 0.867. The van der Waals surface area contributed by atoms with Crippen LogP contribution in [-0.4, -0.2) is 23.0 Å². The predicted octanol–water partition coefficient (Wildman–Crippen LogP) is 2.33. The average Bonchev–Trinajstić information content (AvgIpc) is 2.86. The summed E-state index contributed by atoms with van der Waals surface area (Å²) in [7, 11) is 0. The van der Waals surface area contributed by atoms with Crippen molar-refractivity contribution in [3.8, 4) is 0 Å². The van der Waals surface area contributed by atoms with E-state index >= 15 is 0 Å². The van der Waals surface area contributed by atoms with Crippen molar-refractivity contribution in [2.45, 2.75) is 63.8 Å². The number of carboxylic acid groups (broad SMARTS) is 1. The molecule has 1 unspecified atom stereocenters. The molecule has 1 spiro atoms. The molecule has 0 radical (unpaired) electrons. The molecular formula is C15H23NO3. The van der Waals surface area contributed by atoms with Crippen LogP contribution in [0.4, 0.5) is 0 Å². The van der Waals surface area contributed by atoms with Crippen LogP contribution in [0.5, 0.6) is 0 Å². The van der Waals surface area contributed by atoms with Gasteiger partial charge in [0.2, 0.25) is 5.91 Å². The summed E-state index contributed by atoms with van der Waals surface area (Å²) in [6, 6.07) is 0.379. The van der Waals surface area contributed by atoms with Gasteiger partial charge in [-0.05, 0) is 43.9 Å². The lowest BCUT2D eigenvalue weighted by molar-refractivity contribution is -0.141. The normalized spacial score (nSPS) is 36.1. The number of rotatable bonds is 3. The second-order valence-electron chi connectivity index (χ2n) is 6.73. The summed E-state index contributed by atoms with van der Waals surface area (Å²) in [5, 5.41) is 12.2. The third-order valence-corrected chi connectivity index (χ3v) is 5.51. The topological polar surface area (TPSA) is 66.4 Å². The minimum atomic E-state index is -0.745. The van der Waals surface area contributed by atoms with Crippen LogP contribution in [0.3, 0.4) is 0 Å². The van der Waals surface area contributed by atoms with Crippen molar-refractivity contribution in [1.29, 1.82) is 0 Å². The largest absolute Gasteiger partial charge is 0.481 e. The van der Waals surface area contributed by atoms with Crippen molar-refractivity contribution in [3.63, 3.8) is 0 Å². The first-order chi connectivity index (χ1) is 9.11. The van der Waals surface area contributed by atoms with Gasteiger partial charge in [0.1, 0.15) is 0 Å². The quantitative estimate of drug-likeness (QED) is 0.823. The Morgan fingerprint density at radius 2 is 1.74 bits per heavy atom. The number of hydrogen-bond donors (Lipinski definition) is 2. The molecule has 1 amide bonds. The van der Waals surface area contributed by atoms with Crippen LogP contribution in [-0.2, 0) is 9.59 Å². The van der Waals surface area contributed by atoms with Crippen LogP contribution in [0, 0.1) is 17.3 Å². The minimum absolute atomic E-state index is 0.0673. The lowest BCUT2D eigenvalue weighted by atomic mass is 9.85. The van der Waals surface area contributed by atoms with E-state index in [1.54, 1.807) is 0 Å². The first kappa shape index (κ1) is 12.9. The Balaban J connectivity index is 1.49. The van der Waals surface area contributed by atoms with E-state index in [0.29, 0.717) is 24.3 Å². The molecular weight excluding hydrogens is 242 g/mol. The second kappa shape index (κ2) is 4.80. The van der Waals surface area contributed by atoms with Gasteiger partial charge in [0.25, 0.3) is 0 Å². The highest BCUT2D eigenvalue weighted by atomic mass is 16.4. The van der Waals surface area contributed by atoms with Crippen LogP contribution in [0.2, 0.25) is 0 Å². The molecule has 0 saturated heterocycles. The van der Waals surface area contributed by atoms with Crippen molar-refractivity contribution in [2.24, 2.45) is 17.3 Å². The van der Waals surface area contributed by atoms with Crippen molar-refractivity contribution >= 4 is 11.9 Å². The number of nitrogens with one attached hydrogen (secondary N) is 1. The maximum Gasteiger partial charge on any atom is 0.306 e. The molecule has 2 N–H and O–H groups in total. The van der Waals surface area contributed by atoms with Gasteiger partial charge in [-0.2, -0.15) is 0 Å². The number of hydrogen-bond acceptors (Lipinski definition) is 2. The smallest absolute Gasteiger partial charge is 0.306 e. The Morgan fingerprint density at radius 3 is 2.37 bits per heavy atom. The van der Waals surface area contributed by atoms with Crippen LogP contribution in [0.15, 0.2) is 0 Å². The predicted molar refractivity (Wildman–Crippen MR) is 70.5 cm³/mol. The minimum Gasteiger partial charge on any atom is -0.481 e. The molecule has 0 bridgehead atoms. The number of aliphatic carboxylic acids is 1. The van der Waals surface area contributed by atoms with Crippen LogP contribution >= 0.6 is 0 Å². The molecule has 3 atom stereocenters. The molecule has 0 aromatic heterocycles. The van der Waals surface area contributed by atoms with Gasteiger partial charge in [-0.3, -0.25) is 9.59 Å². The van der Waals surface area contributed by atoms with Gasteiger partial charge < -0.3 is 10.4 Å². The van der Waals surface area contributed by atoms with Crippen LogP contribution < -0.4 is 5.32 Å². The van der Waals surface area contributed by atoms with E-state index < -0.39 is 5.97 Å². The zero-order valence-corrected chi connectivity index (χ0v) is 11.4. The highest BCUT2D eigenvalue weighted by Gasteiger charge is 2.54. The summed E-state index contributed by atoms with van der Waals surface area (Å²) in [6.45, 7) is 0. The standard InChI is InChI=1S/C15H23NO3/c17-13(10-4-5-11(8-10)14(18)19)16-12-9-15(12)6-2-1-3-7-15/h10-12H,1-9H2,(H,16,17)(H,18,19)/t10-,11+,12?/m0/s1. The van der Waals surface area contributed by atoms with Crippen LogP contribution in [0.1, 0.15) is 57.8 Å². The van der Waals surface area contributed by atoms with Crippen molar-refractivity contribution in [3.05, 3.63) is 0 Å². The molecule has 3 saturated carbocycles. The highest BCUT2D eigenvalue weighted by Crippen LogP contribution is 2.56. The summed E-state index contributed by atoms with van der Waals surface area (Å²) in [6.07, 6.45) is 9.54. The second-order valence-corrected chi connectivity index (χ2v) is 6.73. The Bertz CT molecular complexity index is 387. The first-order valence-electron chi connectivity index (χ1n) is 7.64. The molecule has 4 nitrogen and oxygen atoms in total. The average molecular weight is 265 g/mol. The SMILES string of the molecule is O=C(O)[C@@H]1CC[C@H](C(=O)NC2CC23CCCCC3)C1. The molecule has 0 aromatic rings. The van der Waals surface area contributed by atoms with Crippen molar-refractivity contribution in [2.75, 3.05) is 0 Å². The fourth-order valence-corrected chi connectivity index (χ4v) is 4.09. The molecule has 0 aliphatic heterocycles. The Hall–Kier alpha value is -1.06. The maximum absolute atomic E-state index is 12.2. The molecule has 3 fully saturated rings. The first-order valence-corrected chi connectivity index (χ1v) is 7.64. The number of amides is 1. The summed E-state index contributed by atoms with van der Waals surface area (Å²) >= 11 is 0. The van der Waals surface area contributed by atoms with Gasteiger partial charge in [-0.25, -0.2) is 0 Å². The summed E-state index contributed by atoms with van der Waals surface area (Å²) in [5.74, 6) is -1.01. The van der Waals surface area contributed by atoms with E-state index in [0.717, 1.165) is 12.8 Å². The lowest BCUT2D eigenvalue weighted by Crippen LogP contribution is -2.34. The van der Waals surface area contributed by atoms with Gasteiger partial charge in [-0.15, -0.1) is 0 Å². The van der Waals surface area contributed by atoms with E-state index in [4.69, 9.17) is 5.11 Å². The summed E-state index contributed by atoms with van der Waals surface area (Å²) in [5.41, 5.74) is 0.415. The van der Waals surface area contributed by atoms with Gasteiger partial charge >= 0.3 is 5.97 Å². The zero-order chi connectivity index (χ0) is 13.5. The number of carbonyl (C=O) groups is 2. The van der Waals surface area contributed by atoms with Gasteiger partial charge in [-0.1, -0.05) is 19.3 Å². The molecule has 4 heteroatoms. The van der Waals surface area contributed by atoms with E-state index in [-0.39, 0.29) is 17.7 Å². The fourth-order valence-electron chi connectivity index (χ4n) is 4.09. The Labute approximate surface area is 113 Å². The molecule has 3 aliphatic rings. The zero-order valence-electron chi connectivity index (χ0n) is 11.4. The third kappa shape index (κ3) is 2.49.